The molecule has 1 saturated heterocycles. The first kappa shape index (κ1) is 19.2. The summed E-state index contributed by atoms with van der Waals surface area (Å²) in [5, 5.41) is 9.93. The minimum Gasteiger partial charge on any atom is -0.408 e. The number of nitrogens with zero attached hydrogens (tertiary/aromatic N) is 5. The molecule has 0 amide bonds. The number of oxazole rings is 1. The molecule has 0 saturated carbocycles. The van der Waals surface area contributed by atoms with Crippen molar-refractivity contribution in [3.05, 3.63) is 50.5 Å². The molecule has 12 heteroatoms. The molecular formula is C18H17N5O5S2. The largest absolute Gasteiger partial charge is 0.419 e. The van der Waals surface area contributed by atoms with E-state index in [-0.39, 0.29) is 29.6 Å². The average molecular weight is 447 g/mol. The van der Waals surface area contributed by atoms with Crippen LogP contribution in [0.2, 0.25) is 0 Å². The normalized spacial score (nSPS) is 16.6. The van der Waals surface area contributed by atoms with E-state index < -0.39 is 15.8 Å². The second-order valence-corrected chi connectivity index (χ2v) is 10.0. The summed E-state index contributed by atoms with van der Waals surface area (Å²) in [5.74, 6) is -0.547. The lowest BCUT2D eigenvalue weighted by Crippen LogP contribution is -2.41. The second kappa shape index (κ2) is 6.86. The molecule has 10 nitrogen and oxygen atoms in total. The minimum atomic E-state index is -3.75. The number of fused-ring (bicyclic) bond motifs is 2. The summed E-state index contributed by atoms with van der Waals surface area (Å²) < 4.78 is 35.9. The lowest BCUT2D eigenvalue weighted by atomic mass is 10.1. The van der Waals surface area contributed by atoms with E-state index >= 15 is 0 Å². The van der Waals surface area contributed by atoms with E-state index in [4.69, 9.17) is 4.42 Å². The van der Waals surface area contributed by atoms with Gasteiger partial charge in [0.1, 0.15) is 10.2 Å². The van der Waals surface area contributed by atoms with Gasteiger partial charge in [0, 0.05) is 20.1 Å². The lowest BCUT2D eigenvalue weighted by molar-refractivity contribution is 0.252. The Kier molecular flexibility index (Phi) is 4.38. The Labute approximate surface area is 174 Å². The quantitative estimate of drug-likeness (QED) is 0.464. The fourth-order valence-electron chi connectivity index (χ4n) is 3.76. The zero-order chi connectivity index (χ0) is 21.0. The first-order valence-electron chi connectivity index (χ1n) is 9.29. The van der Waals surface area contributed by atoms with Gasteiger partial charge in [-0.1, -0.05) is 5.21 Å². The van der Waals surface area contributed by atoms with Gasteiger partial charge >= 0.3 is 5.76 Å². The molecule has 4 heterocycles. The van der Waals surface area contributed by atoms with Gasteiger partial charge < -0.3 is 4.42 Å². The molecule has 1 aliphatic rings. The van der Waals surface area contributed by atoms with Crippen LogP contribution >= 0.6 is 11.3 Å². The van der Waals surface area contributed by atoms with Crippen LogP contribution in [0.3, 0.4) is 0 Å². The van der Waals surface area contributed by atoms with Crippen molar-refractivity contribution in [2.45, 2.75) is 23.8 Å². The molecule has 0 atom stereocenters. The molecule has 0 bridgehead atoms. The van der Waals surface area contributed by atoms with Crippen LogP contribution in [0.4, 0.5) is 0 Å². The third-order valence-electron chi connectivity index (χ3n) is 5.47. The Morgan fingerprint density at radius 3 is 2.70 bits per heavy atom. The van der Waals surface area contributed by atoms with Crippen molar-refractivity contribution in [3.63, 3.8) is 0 Å². The number of hydrogen-bond donors (Lipinski definition) is 0. The highest BCUT2D eigenvalue weighted by Gasteiger charge is 2.31. The van der Waals surface area contributed by atoms with Gasteiger partial charge in [-0.05, 0) is 42.5 Å². The van der Waals surface area contributed by atoms with Gasteiger partial charge in [0.2, 0.25) is 10.0 Å². The van der Waals surface area contributed by atoms with E-state index in [0.717, 1.165) is 0 Å². The molecule has 0 unspecified atom stereocenters. The monoisotopic (exact) mass is 447 g/mol. The third kappa shape index (κ3) is 2.90. The number of aromatic nitrogens is 4. The van der Waals surface area contributed by atoms with Crippen molar-refractivity contribution in [3.8, 4) is 0 Å². The van der Waals surface area contributed by atoms with Crippen LogP contribution in [0.5, 0.6) is 0 Å². The van der Waals surface area contributed by atoms with E-state index in [2.05, 4.69) is 10.3 Å². The van der Waals surface area contributed by atoms with E-state index in [1.165, 1.54) is 50.1 Å². The first-order valence-corrected chi connectivity index (χ1v) is 11.6. The van der Waals surface area contributed by atoms with Crippen LogP contribution in [-0.4, -0.2) is 45.4 Å². The summed E-state index contributed by atoms with van der Waals surface area (Å²) in [7, 11) is -2.22. The molecule has 1 fully saturated rings. The number of thiophene rings is 1. The van der Waals surface area contributed by atoms with Crippen molar-refractivity contribution in [2.24, 2.45) is 7.05 Å². The maximum atomic E-state index is 13.1. The Bertz CT molecular complexity index is 1490. The number of rotatable bonds is 3. The minimum absolute atomic E-state index is 0.0989. The standard InChI is InChI=1S/C18H17N5O5S2/c1-21-14-10-12(2-3-15(14)28-18(21)25)30(26,27)22-7-4-11(5-8-22)23-17(24)16-13(19-20-23)6-9-29-16/h2-3,6,9-11H,4-5,7-8H2,1H3. The smallest absolute Gasteiger partial charge is 0.408 e. The van der Waals surface area contributed by atoms with Gasteiger partial charge in [-0.3, -0.25) is 9.36 Å². The SMILES string of the molecule is Cn1c(=O)oc2ccc(S(=O)(=O)N3CCC(n4nnc5ccsc5c4=O)CC3)cc21. The maximum absolute atomic E-state index is 13.1. The van der Waals surface area contributed by atoms with Crippen molar-refractivity contribution in [2.75, 3.05) is 13.1 Å². The molecule has 30 heavy (non-hydrogen) atoms. The highest BCUT2D eigenvalue weighted by atomic mass is 32.2. The predicted molar refractivity (Wildman–Crippen MR) is 110 cm³/mol. The summed E-state index contributed by atoms with van der Waals surface area (Å²) >= 11 is 1.32. The van der Waals surface area contributed by atoms with Crippen LogP contribution in [0.15, 0.2) is 48.5 Å². The highest BCUT2D eigenvalue weighted by Crippen LogP contribution is 2.27. The molecule has 0 aliphatic carbocycles. The predicted octanol–water partition coefficient (Wildman–Crippen LogP) is 1.32. The zero-order valence-corrected chi connectivity index (χ0v) is 17.5. The van der Waals surface area contributed by atoms with Crippen molar-refractivity contribution in [1.82, 2.24) is 23.9 Å². The van der Waals surface area contributed by atoms with E-state index in [9.17, 15) is 18.0 Å². The van der Waals surface area contributed by atoms with Crippen LogP contribution in [0.25, 0.3) is 21.3 Å². The van der Waals surface area contributed by atoms with Gasteiger partial charge in [-0.25, -0.2) is 17.9 Å². The van der Waals surface area contributed by atoms with Gasteiger partial charge in [-0.2, -0.15) is 4.31 Å². The van der Waals surface area contributed by atoms with Crippen LogP contribution in [0.1, 0.15) is 18.9 Å². The number of piperidine rings is 1. The molecule has 1 aliphatic heterocycles. The van der Waals surface area contributed by atoms with E-state index in [0.29, 0.717) is 34.2 Å². The third-order valence-corrected chi connectivity index (χ3v) is 8.25. The molecule has 0 radical (unpaired) electrons. The number of aryl methyl sites for hydroxylation is 1. The summed E-state index contributed by atoms with van der Waals surface area (Å²) in [4.78, 5) is 24.4. The summed E-state index contributed by atoms with van der Waals surface area (Å²) in [6, 6.07) is 5.91. The van der Waals surface area contributed by atoms with E-state index in [1.807, 2.05) is 0 Å². The maximum Gasteiger partial charge on any atom is 0.419 e. The van der Waals surface area contributed by atoms with Crippen LogP contribution < -0.4 is 11.3 Å². The Hall–Kier alpha value is -2.83. The molecular weight excluding hydrogens is 430 g/mol. The number of sulfonamides is 1. The molecule has 1 aromatic carbocycles. The van der Waals surface area contributed by atoms with Crippen LogP contribution in [0, 0.1) is 0 Å². The summed E-state index contributed by atoms with van der Waals surface area (Å²) in [5.41, 5.74) is 1.14. The van der Waals surface area contributed by atoms with Gasteiger partial charge in [0.15, 0.2) is 5.58 Å². The average Bonchev–Trinajstić information content (AvgIpc) is 3.33. The number of benzene rings is 1. The fourth-order valence-corrected chi connectivity index (χ4v) is 6.01. The summed E-state index contributed by atoms with van der Waals surface area (Å²) in [6.07, 6.45) is 0.911. The van der Waals surface area contributed by atoms with Gasteiger partial charge in [0.25, 0.3) is 5.56 Å². The topological polar surface area (TPSA) is 120 Å². The molecule has 0 spiro atoms. The number of hydrogen-bond acceptors (Lipinski definition) is 8. The van der Waals surface area contributed by atoms with E-state index in [1.54, 1.807) is 11.4 Å². The zero-order valence-electron chi connectivity index (χ0n) is 15.9. The molecule has 3 aromatic heterocycles. The van der Waals surface area contributed by atoms with Gasteiger partial charge in [0.05, 0.1) is 16.5 Å². The van der Waals surface area contributed by atoms with Crippen LogP contribution in [-0.2, 0) is 17.1 Å². The van der Waals surface area contributed by atoms with Crippen molar-refractivity contribution in [1.29, 1.82) is 0 Å². The second-order valence-electron chi connectivity index (χ2n) is 7.17. The fraction of sp³-hybridized carbons (Fsp3) is 0.333. The van der Waals surface area contributed by atoms with Crippen molar-refractivity contribution >= 4 is 42.7 Å². The molecule has 4 aromatic rings. The molecule has 5 rings (SSSR count). The lowest BCUT2D eigenvalue weighted by Gasteiger charge is -2.31. The Morgan fingerprint density at radius 2 is 1.93 bits per heavy atom. The first-order chi connectivity index (χ1) is 14.4. The Balaban J connectivity index is 1.40. The molecule has 156 valence electrons. The van der Waals surface area contributed by atoms with Crippen molar-refractivity contribution < 1.29 is 12.8 Å². The highest BCUT2D eigenvalue weighted by molar-refractivity contribution is 7.89. The summed E-state index contributed by atoms with van der Waals surface area (Å²) in [6.45, 7) is 0.512. The van der Waals surface area contributed by atoms with Gasteiger partial charge in [-0.15, -0.1) is 16.4 Å². The molecule has 0 N–H and O–H groups in total. The Morgan fingerprint density at radius 1 is 1.17 bits per heavy atom.